The molecule has 0 saturated carbocycles. The van der Waals surface area contributed by atoms with Crippen LogP contribution in [0.2, 0.25) is 0 Å². The molecule has 0 aromatic heterocycles. The summed E-state index contributed by atoms with van der Waals surface area (Å²) >= 11 is 0. The summed E-state index contributed by atoms with van der Waals surface area (Å²) in [6.07, 6.45) is 12.2. The molecule has 0 bridgehead atoms. The molecule has 2 nitrogen and oxygen atoms in total. The molecule has 0 saturated heterocycles. The number of hydrogen-bond donors (Lipinski definition) is 2. The van der Waals surface area contributed by atoms with E-state index in [9.17, 15) is 10.2 Å². The molecule has 4 rings (SSSR count). The predicted molar refractivity (Wildman–Crippen MR) is 124 cm³/mol. The van der Waals surface area contributed by atoms with Crippen molar-refractivity contribution in [1.82, 2.24) is 0 Å². The van der Waals surface area contributed by atoms with Crippen LogP contribution in [0, 0.1) is 0 Å². The van der Waals surface area contributed by atoms with Crippen LogP contribution in [0.1, 0.15) is 36.5 Å². The molecule has 3 aromatic carbocycles. The van der Waals surface area contributed by atoms with Gasteiger partial charge in [-0.25, -0.2) is 0 Å². The Labute approximate surface area is 178 Å². The molecule has 0 spiro atoms. The molecule has 0 aliphatic heterocycles. The molecule has 0 atom stereocenters. The number of allylic oxidation sites excluding steroid dienone is 6. The van der Waals surface area contributed by atoms with Crippen LogP contribution < -0.4 is 0 Å². The van der Waals surface area contributed by atoms with Gasteiger partial charge in [-0.1, -0.05) is 98.8 Å². The first-order valence-electron chi connectivity index (χ1n) is 10.2. The van der Waals surface area contributed by atoms with Crippen LogP contribution in [-0.2, 0) is 5.41 Å². The molecule has 30 heavy (non-hydrogen) atoms. The molecule has 2 N–H and O–H groups in total. The number of aromatic hydroxyl groups is 2. The molecule has 0 heterocycles. The highest BCUT2D eigenvalue weighted by atomic mass is 16.3. The topological polar surface area (TPSA) is 40.5 Å². The van der Waals surface area contributed by atoms with Crippen LogP contribution in [0.5, 0.6) is 11.5 Å². The number of phenols is 2. The third kappa shape index (κ3) is 3.81. The lowest BCUT2D eigenvalue weighted by molar-refractivity contribution is 0.467. The van der Waals surface area contributed by atoms with Gasteiger partial charge in [0, 0.05) is 22.5 Å². The Morgan fingerprint density at radius 3 is 1.93 bits per heavy atom. The van der Waals surface area contributed by atoms with Gasteiger partial charge in [-0.15, -0.1) is 0 Å². The largest absolute Gasteiger partial charge is 0.508 e. The third-order valence-electron chi connectivity index (χ3n) is 5.88. The Kier molecular flexibility index (Phi) is 5.33. The van der Waals surface area contributed by atoms with Crippen molar-refractivity contribution in [3.05, 3.63) is 120 Å². The van der Waals surface area contributed by atoms with Crippen molar-refractivity contribution in [2.75, 3.05) is 0 Å². The van der Waals surface area contributed by atoms with Crippen molar-refractivity contribution in [3.63, 3.8) is 0 Å². The number of benzene rings is 3. The predicted octanol–water partition coefficient (Wildman–Crippen LogP) is 6.86. The summed E-state index contributed by atoms with van der Waals surface area (Å²) < 4.78 is 0. The van der Waals surface area contributed by atoms with E-state index in [1.165, 1.54) is 0 Å². The van der Waals surface area contributed by atoms with Gasteiger partial charge >= 0.3 is 0 Å². The van der Waals surface area contributed by atoms with E-state index in [1.54, 1.807) is 12.1 Å². The summed E-state index contributed by atoms with van der Waals surface area (Å²) in [7, 11) is 0. The number of phenolic OH excluding ortho intramolecular Hbond substituents is 2. The molecule has 0 radical (unpaired) electrons. The first kappa shape index (κ1) is 19.8. The molecule has 0 fully saturated rings. The quantitative estimate of drug-likeness (QED) is 0.508. The molecular formula is C28H26O2. The van der Waals surface area contributed by atoms with Crippen LogP contribution in [0.3, 0.4) is 0 Å². The summed E-state index contributed by atoms with van der Waals surface area (Å²) in [4.78, 5) is 0. The molecular weight excluding hydrogens is 368 g/mol. The van der Waals surface area contributed by atoms with Crippen molar-refractivity contribution < 1.29 is 10.2 Å². The van der Waals surface area contributed by atoms with Crippen LogP contribution in [0.25, 0.3) is 11.1 Å². The second-order valence-corrected chi connectivity index (χ2v) is 8.18. The fraction of sp³-hybridized carbons (Fsp3) is 0.143. The second-order valence-electron chi connectivity index (χ2n) is 8.18. The molecule has 0 unspecified atom stereocenters. The summed E-state index contributed by atoms with van der Waals surface area (Å²) in [6.45, 7) is 4.34. The monoisotopic (exact) mass is 394 g/mol. The maximum atomic E-state index is 10.5. The van der Waals surface area contributed by atoms with Gasteiger partial charge in [0.25, 0.3) is 0 Å². The smallest absolute Gasteiger partial charge is 0.123 e. The molecule has 1 aliphatic rings. The maximum absolute atomic E-state index is 10.5. The van der Waals surface area contributed by atoms with Crippen molar-refractivity contribution in [2.24, 2.45) is 0 Å². The van der Waals surface area contributed by atoms with E-state index in [0.717, 1.165) is 27.8 Å². The van der Waals surface area contributed by atoms with E-state index in [4.69, 9.17) is 0 Å². The summed E-state index contributed by atoms with van der Waals surface area (Å²) in [5.74, 6) is 0.593. The van der Waals surface area contributed by atoms with Crippen LogP contribution >= 0.6 is 0 Å². The highest BCUT2D eigenvalue weighted by Crippen LogP contribution is 2.40. The SMILES string of the molecule is CC(C)(c1ccc(O)c(-c2ccccc2)c1)c1ccc(O)c(C2C=CC=CC=C2)c1. The standard InChI is InChI=1S/C28H26O2/c1-28(2,23-15-17-27(30)25(19-23)21-12-8-5-9-13-21)22-14-16-26(29)24(18-22)20-10-6-3-4-7-11-20/h3-20,29-30H,1-2H3. The minimum atomic E-state index is -0.309. The van der Waals surface area contributed by atoms with E-state index in [2.05, 4.69) is 38.1 Å². The summed E-state index contributed by atoms with van der Waals surface area (Å²) in [6, 6.07) is 21.6. The van der Waals surface area contributed by atoms with Gasteiger partial charge in [-0.3, -0.25) is 0 Å². The highest BCUT2D eigenvalue weighted by molar-refractivity contribution is 5.71. The molecule has 150 valence electrons. The second kappa shape index (κ2) is 8.08. The van der Waals surface area contributed by atoms with Crippen LogP contribution in [0.15, 0.2) is 103 Å². The van der Waals surface area contributed by atoms with E-state index < -0.39 is 0 Å². The Hall–Kier alpha value is -3.52. The zero-order valence-electron chi connectivity index (χ0n) is 17.3. The maximum Gasteiger partial charge on any atom is 0.123 e. The zero-order valence-corrected chi connectivity index (χ0v) is 17.3. The highest BCUT2D eigenvalue weighted by Gasteiger charge is 2.26. The van der Waals surface area contributed by atoms with Crippen LogP contribution in [-0.4, -0.2) is 10.2 Å². The lowest BCUT2D eigenvalue weighted by Crippen LogP contribution is -2.19. The molecule has 2 heteroatoms. The van der Waals surface area contributed by atoms with Crippen molar-refractivity contribution in [3.8, 4) is 22.6 Å². The average Bonchev–Trinajstić information content (AvgIpc) is 3.04. The van der Waals surface area contributed by atoms with Gasteiger partial charge in [-0.05, 0) is 34.9 Å². The lowest BCUT2D eigenvalue weighted by atomic mass is 9.76. The number of rotatable bonds is 4. The zero-order chi connectivity index (χ0) is 21.1. The van der Waals surface area contributed by atoms with Crippen molar-refractivity contribution >= 4 is 0 Å². The number of hydrogen-bond acceptors (Lipinski definition) is 2. The Morgan fingerprint density at radius 2 is 1.27 bits per heavy atom. The van der Waals surface area contributed by atoms with Gasteiger partial charge in [0.15, 0.2) is 0 Å². The van der Waals surface area contributed by atoms with E-state index in [1.807, 2.05) is 66.8 Å². The van der Waals surface area contributed by atoms with Crippen LogP contribution in [0.4, 0.5) is 0 Å². The summed E-state index contributed by atoms with van der Waals surface area (Å²) in [5.41, 5.74) is 4.60. The minimum Gasteiger partial charge on any atom is -0.508 e. The van der Waals surface area contributed by atoms with E-state index >= 15 is 0 Å². The Balaban J connectivity index is 1.76. The molecule has 3 aromatic rings. The minimum absolute atomic E-state index is 0.0236. The normalized spacial score (nSPS) is 14.1. The third-order valence-corrected chi connectivity index (χ3v) is 5.88. The fourth-order valence-electron chi connectivity index (χ4n) is 3.92. The molecule has 1 aliphatic carbocycles. The first-order chi connectivity index (χ1) is 14.5. The Bertz CT molecular complexity index is 1120. The average molecular weight is 395 g/mol. The van der Waals surface area contributed by atoms with Gasteiger partial charge < -0.3 is 10.2 Å². The fourth-order valence-corrected chi connectivity index (χ4v) is 3.92. The molecule has 0 amide bonds. The summed E-state index contributed by atoms with van der Waals surface area (Å²) in [5, 5.41) is 21.0. The van der Waals surface area contributed by atoms with Gasteiger partial charge in [0.2, 0.25) is 0 Å². The van der Waals surface area contributed by atoms with Crippen molar-refractivity contribution in [2.45, 2.75) is 25.2 Å². The van der Waals surface area contributed by atoms with Gasteiger partial charge in [0.1, 0.15) is 11.5 Å². The van der Waals surface area contributed by atoms with Crippen molar-refractivity contribution in [1.29, 1.82) is 0 Å². The van der Waals surface area contributed by atoms with E-state index in [0.29, 0.717) is 5.75 Å². The van der Waals surface area contributed by atoms with Gasteiger partial charge in [0.05, 0.1) is 0 Å². The lowest BCUT2D eigenvalue weighted by Gasteiger charge is -2.28. The Morgan fingerprint density at radius 1 is 0.667 bits per heavy atom. The van der Waals surface area contributed by atoms with E-state index in [-0.39, 0.29) is 17.1 Å². The van der Waals surface area contributed by atoms with Gasteiger partial charge in [-0.2, -0.15) is 0 Å². The first-order valence-corrected chi connectivity index (χ1v) is 10.2.